The number of nitrogen functional groups attached to an aromatic ring is 1. The minimum atomic E-state index is -0.558. The summed E-state index contributed by atoms with van der Waals surface area (Å²) in [5, 5.41) is 17.4. The molecule has 0 aliphatic heterocycles. The first-order valence-corrected chi connectivity index (χ1v) is 9.24. The number of primary amides is 1. The van der Waals surface area contributed by atoms with Crippen LogP contribution in [-0.4, -0.2) is 21.3 Å². The summed E-state index contributed by atoms with van der Waals surface area (Å²) in [4.78, 5) is 13.6. The van der Waals surface area contributed by atoms with Crippen LogP contribution in [0.25, 0.3) is 22.0 Å². The van der Waals surface area contributed by atoms with Crippen molar-refractivity contribution in [3.63, 3.8) is 0 Å². The second-order valence-corrected chi connectivity index (χ2v) is 6.74. The summed E-state index contributed by atoms with van der Waals surface area (Å²) >= 11 is 0. The number of fused-ring (bicyclic) bond motifs is 1. The summed E-state index contributed by atoms with van der Waals surface area (Å²) in [5.74, 6) is 0.394. The maximum atomic E-state index is 12.2. The number of phenols is 1. The van der Waals surface area contributed by atoms with Crippen molar-refractivity contribution in [2.24, 2.45) is 5.73 Å². The second-order valence-electron chi connectivity index (χ2n) is 6.74. The lowest BCUT2D eigenvalue weighted by atomic mass is 10.0. The highest BCUT2D eigenvalue weighted by molar-refractivity contribution is 6.04. The fraction of sp³-hybridized carbons (Fsp3) is 0.0909. The highest BCUT2D eigenvalue weighted by Gasteiger charge is 2.17. The molecule has 1 aromatic heterocycles. The minimum Gasteiger partial charge on any atom is -0.506 e. The van der Waals surface area contributed by atoms with Crippen LogP contribution in [0, 0.1) is 0 Å². The summed E-state index contributed by atoms with van der Waals surface area (Å²) in [5.41, 5.74) is 16.3. The van der Waals surface area contributed by atoms with E-state index in [9.17, 15) is 9.90 Å². The number of hydrogen-bond acceptors (Lipinski definition) is 4. The Bertz CT molecular complexity index is 1200. The van der Waals surface area contributed by atoms with Crippen LogP contribution in [0.1, 0.15) is 12.5 Å². The third kappa shape index (κ3) is 3.23. The van der Waals surface area contributed by atoms with Gasteiger partial charge in [0, 0.05) is 0 Å². The van der Waals surface area contributed by atoms with E-state index in [0.717, 1.165) is 28.8 Å². The largest absolute Gasteiger partial charge is 0.506 e. The molecule has 3 aromatic carbocycles. The van der Waals surface area contributed by atoms with Gasteiger partial charge in [-0.3, -0.25) is 10.00 Å². The molecule has 0 unspecified atom stereocenters. The normalized spacial score (nSPS) is 10.9. The molecule has 4 rings (SSSR count). The van der Waals surface area contributed by atoms with Gasteiger partial charge in [-0.25, -0.2) is 4.79 Å². The minimum absolute atomic E-state index is 0.0836. The SMILES string of the molecule is CCc1cccc(N(C(N)=O)c2ccc(-c3ccc(O)c4[nH]nc(N)c34)cc2)c1. The lowest BCUT2D eigenvalue weighted by molar-refractivity contribution is 0.256. The molecule has 7 heteroatoms. The molecule has 7 nitrogen and oxygen atoms in total. The van der Waals surface area contributed by atoms with Gasteiger partial charge in [-0.2, -0.15) is 5.10 Å². The van der Waals surface area contributed by atoms with E-state index in [1.54, 1.807) is 12.1 Å². The standard InChI is InChI=1S/C22H21N5O2/c1-2-13-4-3-5-16(12-13)27(22(24)29)15-8-6-14(7-9-15)17-10-11-18(28)20-19(17)21(23)26-25-20/h3-12,28H,2H2,1H3,(H2,24,29)(H3,23,25,26). The van der Waals surface area contributed by atoms with Crippen molar-refractivity contribution in [1.82, 2.24) is 10.2 Å². The molecular weight excluding hydrogens is 366 g/mol. The topological polar surface area (TPSA) is 121 Å². The van der Waals surface area contributed by atoms with Crippen molar-refractivity contribution in [2.45, 2.75) is 13.3 Å². The fourth-order valence-electron chi connectivity index (χ4n) is 3.49. The summed E-state index contributed by atoms with van der Waals surface area (Å²) in [6.07, 6.45) is 0.863. The Hall–Kier alpha value is -4.00. The zero-order valence-corrected chi connectivity index (χ0v) is 15.9. The fourth-order valence-corrected chi connectivity index (χ4v) is 3.49. The van der Waals surface area contributed by atoms with Crippen LogP contribution in [0.3, 0.4) is 0 Å². The lowest BCUT2D eigenvalue weighted by Crippen LogP contribution is -2.31. The Morgan fingerprint density at radius 3 is 2.55 bits per heavy atom. The number of hydrogen-bond donors (Lipinski definition) is 4. The first-order chi connectivity index (χ1) is 14.0. The van der Waals surface area contributed by atoms with Gasteiger partial charge in [0.1, 0.15) is 11.3 Å². The van der Waals surface area contributed by atoms with Crippen molar-refractivity contribution in [1.29, 1.82) is 0 Å². The van der Waals surface area contributed by atoms with Crippen molar-refractivity contribution < 1.29 is 9.90 Å². The molecular formula is C22H21N5O2. The molecule has 0 aliphatic rings. The van der Waals surface area contributed by atoms with Gasteiger partial charge in [-0.1, -0.05) is 31.2 Å². The number of phenolic OH excluding ortho intramolecular Hbond substituents is 1. The lowest BCUT2D eigenvalue weighted by Gasteiger charge is -2.21. The van der Waals surface area contributed by atoms with Crippen molar-refractivity contribution >= 4 is 34.1 Å². The van der Waals surface area contributed by atoms with Crippen LogP contribution in [0.4, 0.5) is 22.0 Å². The molecule has 6 N–H and O–H groups in total. The molecule has 0 atom stereocenters. The number of anilines is 3. The molecule has 0 fully saturated rings. The van der Waals surface area contributed by atoms with Crippen molar-refractivity contribution in [3.8, 4) is 16.9 Å². The van der Waals surface area contributed by atoms with Crippen LogP contribution < -0.4 is 16.4 Å². The van der Waals surface area contributed by atoms with E-state index in [1.165, 1.54) is 4.90 Å². The number of rotatable bonds is 4. The van der Waals surface area contributed by atoms with Crippen molar-refractivity contribution in [2.75, 3.05) is 10.6 Å². The molecule has 0 radical (unpaired) electrons. The predicted octanol–water partition coefficient (Wildman–Crippen LogP) is 4.30. The third-order valence-electron chi connectivity index (χ3n) is 4.96. The number of nitrogens with zero attached hydrogens (tertiary/aromatic N) is 2. The van der Waals surface area contributed by atoms with E-state index in [4.69, 9.17) is 11.5 Å². The molecule has 0 saturated heterocycles. The predicted molar refractivity (Wildman–Crippen MR) is 115 cm³/mol. The van der Waals surface area contributed by atoms with Gasteiger partial charge in [-0.15, -0.1) is 0 Å². The number of carbonyl (C=O) groups excluding carboxylic acids is 1. The van der Waals surface area contributed by atoms with Gasteiger partial charge < -0.3 is 16.6 Å². The molecule has 146 valence electrons. The van der Waals surface area contributed by atoms with Crippen LogP contribution in [0.15, 0.2) is 60.7 Å². The number of aromatic nitrogens is 2. The van der Waals surface area contributed by atoms with Gasteiger partial charge in [0.15, 0.2) is 5.82 Å². The van der Waals surface area contributed by atoms with Gasteiger partial charge in [0.2, 0.25) is 0 Å². The van der Waals surface area contributed by atoms with Crippen molar-refractivity contribution in [3.05, 3.63) is 66.2 Å². The maximum Gasteiger partial charge on any atom is 0.323 e. The summed E-state index contributed by atoms with van der Waals surface area (Å²) in [6.45, 7) is 2.06. The maximum absolute atomic E-state index is 12.2. The van der Waals surface area contributed by atoms with Gasteiger partial charge in [-0.05, 0) is 59.5 Å². The first-order valence-electron chi connectivity index (χ1n) is 9.24. The number of nitrogens with two attached hydrogens (primary N) is 2. The zero-order chi connectivity index (χ0) is 20.5. The molecule has 2 amide bonds. The zero-order valence-electron chi connectivity index (χ0n) is 15.9. The summed E-state index contributed by atoms with van der Waals surface area (Å²) < 4.78 is 0. The van der Waals surface area contributed by atoms with E-state index in [-0.39, 0.29) is 5.75 Å². The van der Waals surface area contributed by atoms with Gasteiger partial charge in [0.25, 0.3) is 0 Å². The van der Waals surface area contributed by atoms with E-state index < -0.39 is 6.03 Å². The molecule has 4 aromatic rings. The van der Waals surface area contributed by atoms with E-state index in [1.807, 2.05) is 48.5 Å². The van der Waals surface area contributed by atoms with Gasteiger partial charge in [0.05, 0.1) is 16.8 Å². The highest BCUT2D eigenvalue weighted by Crippen LogP contribution is 2.37. The number of carbonyl (C=O) groups is 1. The number of H-pyrrole nitrogens is 1. The summed E-state index contributed by atoms with van der Waals surface area (Å²) in [7, 11) is 0. The average Bonchev–Trinajstić information content (AvgIpc) is 3.12. The molecule has 1 heterocycles. The third-order valence-corrected chi connectivity index (χ3v) is 4.96. The quantitative estimate of drug-likeness (QED) is 0.417. The second kappa shape index (κ2) is 7.20. The molecule has 0 saturated carbocycles. The molecule has 0 spiro atoms. The van der Waals surface area contributed by atoms with E-state index >= 15 is 0 Å². The Morgan fingerprint density at radius 1 is 1.10 bits per heavy atom. The van der Waals surface area contributed by atoms with Crippen LogP contribution in [-0.2, 0) is 6.42 Å². The van der Waals surface area contributed by atoms with Crippen LogP contribution in [0.2, 0.25) is 0 Å². The molecule has 0 bridgehead atoms. The van der Waals surface area contributed by atoms with Crippen LogP contribution >= 0.6 is 0 Å². The smallest absolute Gasteiger partial charge is 0.323 e. The van der Waals surface area contributed by atoms with E-state index in [2.05, 4.69) is 17.1 Å². The first kappa shape index (κ1) is 18.4. The number of benzene rings is 3. The monoisotopic (exact) mass is 387 g/mol. The van der Waals surface area contributed by atoms with Crippen LogP contribution in [0.5, 0.6) is 5.75 Å². The molecule has 29 heavy (non-hydrogen) atoms. The van der Waals surface area contributed by atoms with Gasteiger partial charge >= 0.3 is 6.03 Å². The Balaban J connectivity index is 1.76. The average molecular weight is 387 g/mol. The van der Waals surface area contributed by atoms with E-state index in [0.29, 0.717) is 22.4 Å². The Labute approximate surface area is 167 Å². The number of nitrogens with one attached hydrogen (secondary N) is 1. The number of urea groups is 1. The Morgan fingerprint density at radius 2 is 1.86 bits per heavy atom. The number of aryl methyl sites for hydroxylation is 1. The number of aromatic hydroxyl groups is 1. The Kier molecular flexibility index (Phi) is 4.56. The number of aromatic amines is 1. The summed E-state index contributed by atoms with van der Waals surface area (Å²) in [6, 6.07) is 18.0. The molecule has 0 aliphatic carbocycles. The number of amides is 2. The highest BCUT2D eigenvalue weighted by atomic mass is 16.3.